The highest BCUT2D eigenvalue weighted by molar-refractivity contribution is 7.99. The lowest BCUT2D eigenvalue weighted by atomic mass is 9.87. The first-order chi connectivity index (χ1) is 9.91. The first-order valence-electron chi connectivity index (χ1n) is 7.17. The van der Waals surface area contributed by atoms with Crippen molar-refractivity contribution in [3.8, 4) is 0 Å². The molecule has 3 heteroatoms. The zero-order valence-electron chi connectivity index (χ0n) is 12.8. The van der Waals surface area contributed by atoms with Crippen molar-refractivity contribution < 1.29 is 4.39 Å². The van der Waals surface area contributed by atoms with Crippen LogP contribution in [0.4, 0.5) is 4.39 Å². The van der Waals surface area contributed by atoms with Crippen molar-refractivity contribution in [2.24, 2.45) is 5.73 Å². The van der Waals surface area contributed by atoms with Crippen LogP contribution >= 0.6 is 11.8 Å². The summed E-state index contributed by atoms with van der Waals surface area (Å²) in [6.07, 6.45) is 0.695. The molecular formula is C18H22FNS. The van der Waals surface area contributed by atoms with Crippen molar-refractivity contribution >= 4 is 11.8 Å². The van der Waals surface area contributed by atoms with Gasteiger partial charge in [-0.15, -0.1) is 0 Å². The van der Waals surface area contributed by atoms with Crippen LogP contribution in [0.2, 0.25) is 0 Å². The molecule has 112 valence electrons. The van der Waals surface area contributed by atoms with Gasteiger partial charge in [-0.05, 0) is 47.7 Å². The van der Waals surface area contributed by atoms with Crippen molar-refractivity contribution in [3.05, 3.63) is 59.4 Å². The van der Waals surface area contributed by atoms with Gasteiger partial charge in [-0.2, -0.15) is 0 Å². The second-order valence-electron chi connectivity index (χ2n) is 6.14. The molecule has 2 aromatic rings. The maximum atomic E-state index is 14.1. The van der Waals surface area contributed by atoms with E-state index in [1.165, 1.54) is 23.4 Å². The fourth-order valence-corrected chi connectivity index (χ4v) is 3.14. The number of benzene rings is 2. The lowest BCUT2D eigenvalue weighted by Crippen LogP contribution is -2.10. The summed E-state index contributed by atoms with van der Waals surface area (Å²) in [5.41, 5.74) is 7.99. The van der Waals surface area contributed by atoms with Gasteiger partial charge in [-0.1, -0.05) is 56.8 Å². The Morgan fingerprint density at radius 2 is 1.71 bits per heavy atom. The van der Waals surface area contributed by atoms with Gasteiger partial charge in [-0.25, -0.2) is 4.39 Å². The summed E-state index contributed by atoms with van der Waals surface area (Å²) in [5.74, 6) is -0.175. The summed E-state index contributed by atoms with van der Waals surface area (Å²) in [6.45, 7) is 7.09. The fraction of sp³-hybridized carbons (Fsp3) is 0.333. The maximum Gasteiger partial charge on any atom is 0.137 e. The number of hydrogen-bond donors (Lipinski definition) is 1. The van der Waals surface area contributed by atoms with E-state index in [-0.39, 0.29) is 11.2 Å². The van der Waals surface area contributed by atoms with Gasteiger partial charge >= 0.3 is 0 Å². The summed E-state index contributed by atoms with van der Waals surface area (Å²) in [5, 5.41) is 0. The Morgan fingerprint density at radius 1 is 1.05 bits per heavy atom. The Balaban J connectivity index is 2.26. The minimum atomic E-state index is -0.175. The van der Waals surface area contributed by atoms with Crippen molar-refractivity contribution in [3.63, 3.8) is 0 Å². The van der Waals surface area contributed by atoms with Crippen LogP contribution in [0.25, 0.3) is 0 Å². The number of hydrogen-bond acceptors (Lipinski definition) is 2. The first-order valence-corrected chi connectivity index (χ1v) is 7.99. The van der Waals surface area contributed by atoms with E-state index in [9.17, 15) is 4.39 Å². The van der Waals surface area contributed by atoms with Gasteiger partial charge in [0.15, 0.2) is 0 Å². The molecule has 0 fully saturated rings. The molecule has 0 amide bonds. The van der Waals surface area contributed by atoms with E-state index in [1.54, 1.807) is 6.07 Å². The van der Waals surface area contributed by atoms with E-state index in [2.05, 4.69) is 45.0 Å². The molecular weight excluding hydrogens is 281 g/mol. The summed E-state index contributed by atoms with van der Waals surface area (Å²) in [6, 6.07) is 13.5. The normalized spacial score (nSPS) is 11.7. The van der Waals surface area contributed by atoms with E-state index in [0.29, 0.717) is 17.9 Å². The summed E-state index contributed by atoms with van der Waals surface area (Å²) >= 11 is 1.47. The topological polar surface area (TPSA) is 26.0 Å². The monoisotopic (exact) mass is 303 g/mol. The van der Waals surface area contributed by atoms with Crippen LogP contribution in [-0.2, 0) is 11.8 Å². The fourth-order valence-electron chi connectivity index (χ4n) is 2.16. The SMILES string of the molecule is CC(C)(C)c1ccc(Sc2c(F)cccc2CCN)cc1. The number of nitrogens with two attached hydrogens (primary N) is 1. The van der Waals surface area contributed by atoms with Crippen molar-refractivity contribution in [1.82, 2.24) is 0 Å². The van der Waals surface area contributed by atoms with Crippen LogP contribution in [0.3, 0.4) is 0 Å². The average molecular weight is 303 g/mol. The highest BCUT2D eigenvalue weighted by Gasteiger charge is 2.14. The van der Waals surface area contributed by atoms with Crippen molar-refractivity contribution in [1.29, 1.82) is 0 Å². The van der Waals surface area contributed by atoms with Crippen LogP contribution in [0.1, 0.15) is 31.9 Å². The maximum absolute atomic E-state index is 14.1. The van der Waals surface area contributed by atoms with Gasteiger partial charge in [0.25, 0.3) is 0 Å². The molecule has 21 heavy (non-hydrogen) atoms. The molecule has 2 rings (SSSR count). The molecule has 0 aliphatic carbocycles. The third kappa shape index (κ3) is 4.08. The molecule has 0 atom stereocenters. The molecule has 0 spiro atoms. The van der Waals surface area contributed by atoms with Crippen molar-refractivity contribution in [2.75, 3.05) is 6.54 Å². The first kappa shape index (κ1) is 16.1. The lowest BCUT2D eigenvalue weighted by Gasteiger charge is -2.19. The van der Waals surface area contributed by atoms with Crippen LogP contribution in [0, 0.1) is 5.82 Å². The zero-order valence-corrected chi connectivity index (χ0v) is 13.6. The predicted molar refractivity (Wildman–Crippen MR) is 88.4 cm³/mol. The quantitative estimate of drug-likeness (QED) is 0.880. The van der Waals surface area contributed by atoms with Gasteiger partial charge in [0.1, 0.15) is 5.82 Å². The van der Waals surface area contributed by atoms with Crippen LogP contribution < -0.4 is 5.73 Å². The highest BCUT2D eigenvalue weighted by atomic mass is 32.2. The molecule has 0 unspecified atom stereocenters. The van der Waals surface area contributed by atoms with Crippen molar-refractivity contribution in [2.45, 2.75) is 42.4 Å². The Labute approximate surface area is 130 Å². The third-order valence-electron chi connectivity index (χ3n) is 3.40. The Morgan fingerprint density at radius 3 is 2.29 bits per heavy atom. The Bertz CT molecular complexity index is 600. The molecule has 2 N–H and O–H groups in total. The minimum Gasteiger partial charge on any atom is -0.330 e. The van der Waals surface area contributed by atoms with E-state index < -0.39 is 0 Å². The van der Waals surface area contributed by atoms with Gasteiger partial charge in [0.05, 0.1) is 4.90 Å². The Hall–Kier alpha value is -1.32. The standard InChI is InChI=1S/C18H22FNS/c1-18(2,3)14-7-9-15(10-8-14)21-17-13(11-12-20)5-4-6-16(17)19/h4-10H,11-12,20H2,1-3H3. The number of rotatable bonds is 4. The van der Waals surface area contributed by atoms with E-state index in [4.69, 9.17) is 5.73 Å². The van der Waals surface area contributed by atoms with E-state index in [1.807, 2.05) is 6.07 Å². The largest absolute Gasteiger partial charge is 0.330 e. The zero-order chi connectivity index (χ0) is 15.5. The Kier molecular flexibility index (Phi) is 5.07. The average Bonchev–Trinajstić information content (AvgIpc) is 2.42. The van der Waals surface area contributed by atoms with Crippen LogP contribution in [-0.4, -0.2) is 6.54 Å². The molecule has 0 heterocycles. The molecule has 0 aromatic heterocycles. The number of halogens is 1. The van der Waals surface area contributed by atoms with E-state index in [0.717, 1.165) is 10.5 Å². The molecule has 2 aromatic carbocycles. The molecule has 0 aliphatic rings. The van der Waals surface area contributed by atoms with E-state index >= 15 is 0 Å². The van der Waals surface area contributed by atoms with Crippen LogP contribution in [0.5, 0.6) is 0 Å². The van der Waals surface area contributed by atoms with Gasteiger partial charge < -0.3 is 5.73 Å². The smallest absolute Gasteiger partial charge is 0.137 e. The second-order valence-corrected chi connectivity index (χ2v) is 7.23. The van der Waals surface area contributed by atoms with Gasteiger partial charge in [0, 0.05) is 4.90 Å². The molecule has 0 saturated heterocycles. The van der Waals surface area contributed by atoms with Gasteiger partial charge in [-0.3, -0.25) is 0 Å². The summed E-state index contributed by atoms with van der Waals surface area (Å²) in [4.78, 5) is 1.73. The third-order valence-corrected chi connectivity index (χ3v) is 4.57. The molecule has 1 nitrogen and oxygen atoms in total. The highest BCUT2D eigenvalue weighted by Crippen LogP contribution is 2.34. The summed E-state index contributed by atoms with van der Waals surface area (Å²) < 4.78 is 14.1. The lowest BCUT2D eigenvalue weighted by molar-refractivity contribution is 0.589. The summed E-state index contributed by atoms with van der Waals surface area (Å²) in [7, 11) is 0. The predicted octanol–water partition coefficient (Wildman–Crippen LogP) is 4.78. The molecule has 0 saturated carbocycles. The van der Waals surface area contributed by atoms with Crippen LogP contribution in [0.15, 0.2) is 52.3 Å². The van der Waals surface area contributed by atoms with Gasteiger partial charge in [0.2, 0.25) is 0 Å². The minimum absolute atomic E-state index is 0.131. The molecule has 0 aliphatic heterocycles. The second kappa shape index (κ2) is 6.63. The molecule has 0 radical (unpaired) electrons. The molecule has 0 bridgehead atoms.